The van der Waals surface area contributed by atoms with Gasteiger partial charge in [0.05, 0.1) is 12.0 Å². The standard InChI is InChI=1S/C25H26ClN5O4S/c26-19-12-10-17(11-13-19)24-29-30-25(31(24)20-7-2-1-3-8-20)36-16-22(32)28-27-14-18-6-4-5-9-21(18)35-15-23(33)34/h4-6,9-14,20H,1-3,7-8,15-16H2,(H,28,32)(H,33,34). The number of halogens is 1. The first kappa shape index (κ1) is 25.7. The highest BCUT2D eigenvalue weighted by Crippen LogP contribution is 2.35. The molecule has 0 radical (unpaired) electrons. The predicted octanol–water partition coefficient (Wildman–Crippen LogP) is 4.81. The molecule has 1 saturated carbocycles. The van der Waals surface area contributed by atoms with Crippen molar-refractivity contribution in [1.29, 1.82) is 0 Å². The Morgan fingerprint density at radius 3 is 2.64 bits per heavy atom. The fourth-order valence-electron chi connectivity index (χ4n) is 4.03. The Balaban J connectivity index is 1.42. The predicted molar refractivity (Wildman–Crippen MR) is 139 cm³/mol. The van der Waals surface area contributed by atoms with Gasteiger partial charge in [0.25, 0.3) is 5.91 Å². The number of aromatic nitrogens is 3. The molecule has 11 heteroatoms. The number of thioether (sulfide) groups is 1. The molecule has 1 aliphatic carbocycles. The van der Waals surface area contributed by atoms with Crippen LogP contribution in [0.3, 0.4) is 0 Å². The molecule has 0 unspecified atom stereocenters. The van der Waals surface area contributed by atoms with Crippen molar-refractivity contribution in [2.24, 2.45) is 5.10 Å². The molecule has 9 nitrogen and oxygen atoms in total. The summed E-state index contributed by atoms with van der Waals surface area (Å²) < 4.78 is 7.40. The highest BCUT2D eigenvalue weighted by molar-refractivity contribution is 7.99. The molecule has 0 aliphatic heterocycles. The Labute approximate surface area is 217 Å². The average Bonchev–Trinajstić information content (AvgIpc) is 3.32. The van der Waals surface area contributed by atoms with Crippen molar-refractivity contribution < 1.29 is 19.4 Å². The van der Waals surface area contributed by atoms with E-state index in [2.05, 4.69) is 25.3 Å². The van der Waals surface area contributed by atoms with E-state index in [4.69, 9.17) is 21.4 Å². The van der Waals surface area contributed by atoms with E-state index in [1.165, 1.54) is 24.4 Å². The maximum absolute atomic E-state index is 12.5. The lowest BCUT2D eigenvalue weighted by atomic mass is 9.95. The third-order valence-corrected chi connectivity index (χ3v) is 6.90. The van der Waals surface area contributed by atoms with Gasteiger partial charge in [-0.2, -0.15) is 5.10 Å². The number of hydrazone groups is 1. The Kier molecular flexibility index (Phi) is 8.96. The van der Waals surface area contributed by atoms with Gasteiger partial charge >= 0.3 is 5.97 Å². The van der Waals surface area contributed by atoms with E-state index in [1.54, 1.807) is 24.3 Å². The lowest BCUT2D eigenvalue weighted by Gasteiger charge is -2.25. The van der Waals surface area contributed by atoms with Gasteiger partial charge in [-0.15, -0.1) is 10.2 Å². The second kappa shape index (κ2) is 12.5. The Hall–Kier alpha value is -3.37. The van der Waals surface area contributed by atoms with Crippen molar-refractivity contribution in [1.82, 2.24) is 20.2 Å². The zero-order chi connectivity index (χ0) is 25.3. The SMILES string of the molecule is O=C(O)COc1ccccc1C=NNC(=O)CSc1nnc(-c2ccc(Cl)cc2)n1C1CCCCC1. The largest absolute Gasteiger partial charge is 0.481 e. The minimum atomic E-state index is -1.08. The molecule has 1 heterocycles. The molecule has 1 amide bonds. The van der Waals surface area contributed by atoms with Gasteiger partial charge < -0.3 is 9.84 Å². The van der Waals surface area contributed by atoms with Gasteiger partial charge in [0.2, 0.25) is 0 Å². The van der Waals surface area contributed by atoms with E-state index < -0.39 is 12.6 Å². The lowest BCUT2D eigenvalue weighted by Crippen LogP contribution is -2.21. The highest BCUT2D eigenvalue weighted by atomic mass is 35.5. The van der Waals surface area contributed by atoms with E-state index in [0.717, 1.165) is 37.1 Å². The Morgan fingerprint density at radius 2 is 1.89 bits per heavy atom. The van der Waals surface area contributed by atoms with Gasteiger partial charge in [0, 0.05) is 22.2 Å². The molecular formula is C25H26ClN5O4S. The summed E-state index contributed by atoms with van der Waals surface area (Å²) in [6.07, 6.45) is 7.04. The molecule has 0 atom stereocenters. The zero-order valence-electron chi connectivity index (χ0n) is 19.5. The van der Waals surface area contributed by atoms with Gasteiger partial charge in [-0.1, -0.05) is 54.8 Å². The molecule has 0 spiro atoms. The monoisotopic (exact) mass is 527 g/mol. The number of carbonyl (C=O) groups is 2. The first-order valence-electron chi connectivity index (χ1n) is 11.6. The van der Waals surface area contributed by atoms with E-state index in [9.17, 15) is 9.59 Å². The van der Waals surface area contributed by atoms with Gasteiger partial charge in [-0.25, -0.2) is 10.2 Å². The van der Waals surface area contributed by atoms with E-state index >= 15 is 0 Å². The summed E-state index contributed by atoms with van der Waals surface area (Å²) >= 11 is 7.38. The van der Waals surface area contributed by atoms with E-state index in [-0.39, 0.29) is 17.7 Å². The first-order chi connectivity index (χ1) is 17.5. The Morgan fingerprint density at radius 1 is 1.14 bits per heavy atom. The van der Waals surface area contributed by atoms with Crippen LogP contribution in [-0.2, 0) is 9.59 Å². The normalized spacial score (nSPS) is 14.1. The molecule has 0 bridgehead atoms. The summed E-state index contributed by atoms with van der Waals surface area (Å²) in [6.45, 7) is -0.465. The van der Waals surface area contributed by atoms with E-state index in [0.29, 0.717) is 21.5 Å². The number of carbonyl (C=O) groups excluding carboxylic acids is 1. The van der Waals surface area contributed by atoms with Crippen LogP contribution < -0.4 is 10.2 Å². The molecule has 2 N–H and O–H groups in total. The Bertz CT molecular complexity index is 1230. The van der Waals surface area contributed by atoms with Crippen LogP contribution in [-0.4, -0.2) is 50.3 Å². The minimum absolute atomic E-state index is 0.111. The van der Waals surface area contributed by atoms with Crippen molar-refractivity contribution >= 4 is 41.5 Å². The van der Waals surface area contributed by atoms with Crippen molar-refractivity contribution in [2.75, 3.05) is 12.4 Å². The number of hydrogen-bond donors (Lipinski definition) is 2. The summed E-state index contributed by atoms with van der Waals surface area (Å²) in [5, 5.41) is 23.0. The minimum Gasteiger partial charge on any atom is -0.481 e. The third kappa shape index (κ3) is 6.86. The quantitative estimate of drug-likeness (QED) is 0.220. The van der Waals surface area contributed by atoms with Crippen LogP contribution in [0.5, 0.6) is 5.75 Å². The van der Waals surface area contributed by atoms with Crippen molar-refractivity contribution in [3.8, 4) is 17.1 Å². The van der Waals surface area contributed by atoms with Crippen molar-refractivity contribution in [3.05, 3.63) is 59.1 Å². The van der Waals surface area contributed by atoms with Crippen LogP contribution in [0.1, 0.15) is 43.7 Å². The number of carboxylic acid groups (broad SMARTS) is 1. The second-order valence-electron chi connectivity index (χ2n) is 8.28. The number of hydrogen-bond acceptors (Lipinski definition) is 7. The van der Waals surface area contributed by atoms with Crippen molar-refractivity contribution in [3.63, 3.8) is 0 Å². The number of amides is 1. The summed E-state index contributed by atoms with van der Waals surface area (Å²) in [5.74, 6) is -0.126. The van der Waals surface area contributed by atoms with Crippen LogP contribution in [0.4, 0.5) is 0 Å². The van der Waals surface area contributed by atoms with Crippen LogP contribution in [0.15, 0.2) is 58.8 Å². The maximum atomic E-state index is 12.5. The number of benzene rings is 2. The topological polar surface area (TPSA) is 119 Å². The van der Waals surface area contributed by atoms with Gasteiger partial charge in [-0.3, -0.25) is 9.36 Å². The molecule has 4 rings (SSSR count). The van der Waals surface area contributed by atoms with Crippen LogP contribution >= 0.6 is 23.4 Å². The molecule has 0 saturated heterocycles. The fraction of sp³-hybridized carbons (Fsp3) is 0.320. The lowest BCUT2D eigenvalue weighted by molar-refractivity contribution is -0.139. The average molecular weight is 528 g/mol. The number of rotatable bonds is 10. The first-order valence-corrected chi connectivity index (χ1v) is 13.0. The smallest absolute Gasteiger partial charge is 0.341 e. The summed E-state index contributed by atoms with van der Waals surface area (Å²) in [7, 11) is 0. The molecule has 1 fully saturated rings. The van der Waals surface area contributed by atoms with E-state index in [1.807, 2.05) is 24.3 Å². The summed E-state index contributed by atoms with van der Waals surface area (Å²) in [5.41, 5.74) is 3.99. The third-order valence-electron chi connectivity index (χ3n) is 5.70. The van der Waals surface area contributed by atoms with Crippen molar-refractivity contribution in [2.45, 2.75) is 43.3 Å². The van der Waals surface area contributed by atoms with Gasteiger partial charge in [0.1, 0.15) is 5.75 Å². The molecule has 36 heavy (non-hydrogen) atoms. The fourth-order valence-corrected chi connectivity index (χ4v) is 4.96. The van der Waals surface area contributed by atoms with Gasteiger partial charge in [-0.05, 0) is 49.2 Å². The maximum Gasteiger partial charge on any atom is 0.341 e. The molecule has 3 aromatic rings. The number of para-hydroxylation sites is 1. The summed E-state index contributed by atoms with van der Waals surface area (Å²) in [4.78, 5) is 23.2. The molecular weight excluding hydrogens is 502 g/mol. The number of carboxylic acids is 1. The zero-order valence-corrected chi connectivity index (χ0v) is 21.0. The van der Waals surface area contributed by atoms with Gasteiger partial charge in [0.15, 0.2) is 17.6 Å². The van der Waals surface area contributed by atoms with Crippen LogP contribution in [0.2, 0.25) is 5.02 Å². The molecule has 1 aromatic heterocycles. The highest BCUT2D eigenvalue weighted by Gasteiger charge is 2.24. The number of ether oxygens (including phenoxy) is 1. The molecule has 1 aliphatic rings. The second-order valence-corrected chi connectivity index (χ2v) is 9.66. The van der Waals surface area contributed by atoms with Crippen LogP contribution in [0, 0.1) is 0 Å². The van der Waals surface area contributed by atoms with Crippen LogP contribution in [0.25, 0.3) is 11.4 Å². The number of nitrogens with one attached hydrogen (secondary N) is 1. The summed E-state index contributed by atoms with van der Waals surface area (Å²) in [6, 6.07) is 14.7. The molecule has 2 aromatic carbocycles. The molecule has 188 valence electrons. The number of nitrogens with zero attached hydrogens (tertiary/aromatic N) is 4. The number of aliphatic carboxylic acids is 1.